The predicted molar refractivity (Wildman–Crippen MR) is 51.7 cm³/mol. The van der Waals surface area contributed by atoms with E-state index in [2.05, 4.69) is 23.8 Å². The van der Waals surface area contributed by atoms with Gasteiger partial charge in [0.2, 0.25) is 0 Å². The van der Waals surface area contributed by atoms with E-state index in [1.54, 1.807) is 0 Å². The number of imidazole rings is 1. The molecule has 0 saturated heterocycles. The molecule has 0 spiro atoms. The van der Waals surface area contributed by atoms with E-state index in [1.165, 1.54) is 0 Å². The predicted octanol–water partition coefficient (Wildman–Crippen LogP) is 2.24. The molecule has 13 heavy (non-hydrogen) atoms. The average Bonchev–Trinajstić information content (AvgIpc) is 2.63. The van der Waals surface area contributed by atoms with Gasteiger partial charge in [0.1, 0.15) is 11.5 Å². The van der Waals surface area contributed by atoms with Gasteiger partial charge in [0.15, 0.2) is 0 Å². The minimum Gasteiger partial charge on any atom is -0.288 e. The third-order valence-electron chi connectivity index (χ3n) is 2.40. The van der Waals surface area contributed by atoms with Gasteiger partial charge in [-0.3, -0.25) is 4.40 Å². The average molecular weight is 175 g/mol. The van der Waals surface area contributed by atoms with Crippen LogP contribution in [0.3, 0.4) is 0 Å². The zero-order chi connectivity index (χ0) is 9.26. The third-order valence-corrected chi connectivity index (χ3v) is 2.40. The molecule has 0 aromatic carbocycles. The molecule has 2 aromatic rings. The number of hydrogen-bond donors (Lipinski definition) is 0. The second kappa shape index (κ2) is 3.17. The van der Waals surface area contributed by atoms with Crippen LogP contribution in [0, 0.1) is 0 Å². The Kier molecular flexibility index (Phi) is 2.00. The van der Waals surface area contributed by atoms with Gasteiger partial charge in [0.05, 0.1) is 0 Å². The minimum absolute atomic E-state index is 0.484. The molecule has 0 bridgehead atoms. The lowest BCUT2D eigenvalue weighted by atomic mass is 10.1. The molecule has 3 heteroatoms. The van der Waals surface area contributed by atoms with Gasteiger partial charge in [0, 0.05) is 24.5 Å². The highest BCUT2D eigenvalue weighted by Gasteiger charge is 2.08. The Morgan fingerprint density at radius 1 is 1.38 bits per heavy atom. The largest absolute Gasteiger partial charge is 0.288 e. The van der Waals surface area contributed by atoms with Gasteiger partial charge in [-0.05, 0) is 12.5 Å². The summed E-state index contributed by atoms with van der Waals surface area (Å²) in [4.78, 5) is 8.59. The zero-order valence-corrected chi connectivity index (χ0v) is 7.94. The standard InChI is InChI=1S/C10H13N3/c1-3-8(2)10-12-5-4-9-11-6-7-13(9)10/h4-8H,3H2,1-2H3. The summed E-state index contributed by atoms with van der Waals surface area (Å²) in [6.07, 6.45) is 6.70. The molecule has 0 fully saturated rings. The van der Waals surface area contributed by atoms with Gasteiger partial charge in [-0.15, -0.1) is 0 Å². The van der Waals surface area contributed by atoms with Crippen LogP contribution in [0.5, 0.6) is 0 Å². The number of fused-ring (bicyclic) bond motifs is 1. The highest BCUT2D eigenvalue weighted by molar-refractivity contribution is 5.37. The molecule has 0 aliphatic heterocycles. The van der Waals surface area contributed by atoms with E-state index in [9.17, 15) is 0 Å². The molecule has 2 heterocycles. The van der Waals surface area contributed by atoms with E-state index >= 15 is 0 Å². The number of aromatic nitrogens is 3. The van der Waals surface area contributed by atoms with Gasteiger partial charge in [-0.2, -0.15) is 0 Å². The molecular weight excluding hydrogens is 162 g/mol. The maximum atomic E-state index is 4.37. The van der Waals surface area contributed by atoms with Crippen LogP contribution < -0.4 is 0 Å². The summed E-state index contributed by atoms with van der Waals surface area (Å²) in [7, 11) is 0. The number of nitrogens with zero attached hydrogens (tertiary/aromatic N) is 3. The van der Waals surface area contributed by atoms with Crippen molar-refractivity contribution < 1.29 is 0 Å². The highest BCUT2D eigenvalue weighted by Crippen LogP contribution is 2.16. The van der Waals surface area contributed by atoms with Crippen molar-refractivity contribution in [3.05, 3.63) is 30.5 Å². The van der Waals surface area contributed by atoms with Gasteiger partial charge < -0.3 is 0 Å². The fraction of sp³-hybridized carbons (Fsp3) is 0.400. The summed E-state index contributed by atoms with van der Waals surface area (Å²) in [6.45, 7) is 4.35. The van der Waals surface area contributed by atoms with Crippen LogP contribution >= 0.6 is 0 Å². The lowest BCUT2D eigenvalue weighted by Crippen LogP contribution is -2.03. The number of rotatable bonds is 2. The molecular formula is C10H13N3. The summed E-state index contributed by atoms with van der Waals surface area (Å²) in [6, 6.07) is 1.92. The van der Waals surface area contributed by atoms with Crippen molar-refractivity contribution in [3.63, 3.8) is 0 Å². The highest BCUT2D eigenvalue weighted by atomic mass is 15.1. The minimum atomic E-state index is 0.484. The van der Waals surface area contributed by atoms with Crippen molar-refractivity contribution in [1.29, 1.82) is 0 Å². The van der Waals surface area contributed by atoms with Gasteiger partial charge in [-0.1, -0.05) is 13.8 Å². The Morgan fingerprint density at radius 2 is 2.23 bits per heavy atom. The lowest BCUT2D eigenvalue weighted by molar-refractivity contribution is 0.665. The molecule has 2 rings (SSSR count). The van der Waals surface area contributed by atoms with Crippen LogP contribution in [0.2, 0.25) is 0 Å². The molecule has 0 saturated carbocycles. The fourth-order valence-corrected chi connectivity index (χ4v) is 1.42. The molecule has 0 N–H and O–H groups in total. The molecule has 3 nitrogen and oxygen atoms in total. The second-order valence-electron chi connectivity index (χ2n) is 3.27. The first-order valence-electron chi connectivity index (χ1n) is 4.61. The van der Waals surface area contributed by atoms with Crippen LogP contribution in [-0.4, -0.2) is 14.4 Å². The molecule has 68 valence electrons. The molecule has 1 atom stereocenters. The van der Waals surface area contributed by atoms with Gasteiger partial charge >= 0.3 is 0 Å². The Bertz CT molecular complexity index is 405. The van der Waals surface area contributed by atoms with E-state index in [1.807, 2.05) is 29.1 Å². The topological polar surface area (TPSA) is 30.2 Å². The maximum Gasteiger partial charge on any atom is 0.139 e. The van der Waals surface area contributed by atoms with E-state index in [0.29, 0.717) is 5.92 Å². The first-order valence-corrected chi connectivity index (χ1v) is 4.61. The summed E-state index contributed by atoms with van der Waals surface area (Å²) in [5, 5.41) is 0. The second-order valence-corrected chi connectivity index (χ2v) is 3.27. The Hall–Kier alpha value is -1.38. The molecule has 2 aromatic heterocycles. The molecule has 0 radical (unpaired) electrons. The third kappa shape index (κ3) is 1.30. The molecule has 1 unspecified atom stereocenters. The quantitative estimate of drug-likeness (QED) is 0.700. The summed E-state index contributed by atoms with van der Waals surface area (Å²) < 4.78 is 2.05. The molecule has 0 aliphatic carbocycles. The Labute approximate surface area is 77.4 Å². The van der Waals surface area contributed by atoms with E-state index in [-0.39, 0.29) is 0 Å². The van der Waals surface area contributed by atoms with Crippen molar-refractivity contribution in [1.82, 2.24) is 14.4 Å². The van der Waals surface area contributed by atoms with Crippen LogP contribution in [0.25, 0.3) is 5.65 Å². The van der Waals surface area contributed by atoms with Gasteiger partial charge in [-0.25, -0.2) is 9.97 Å². The first-order chi connectivity index (χ1) is 6.33. The summed E-state index contributed by atoms with van der Waals surface area (Å²) >= 11 is 0. The van der Waals surface area contributed by atoms with E-state index in [4.69, 9.17) is 0 Å². The molecule has 0 amide bonds. The van der Waals surface area contributed by atoms with Crippen LogP contribution in [0.4, 0.5) is 0 Å². The van der Waals surface area contributed by atoms with Crippen molar-refractivity contribution in [2.45, 2.75) is 26.2 Å². The smallest absolute Gasteiger partial charge is 0.139 e. The van der Waals surface area contributed by atoms with Gasteiger partial charge in [0.25, 0.3) is 0 Å². The lowest BCUT2D eigenvalue weighted by Gasteiger charge is -2.09. The van der Waals surface area contributed by atoms with Crippen LogP contribution in [0.15, 0.2) is 24.7 Å². The van der Waals surface area contributed by atoms with Crippen LogP contribution in [0.1, 0.15) is 32.0 Å². The first kappa shape index (κ1) is 8.23. The van der Waals surface area contributed by atoms with E-state index < -0.39 is 0 Å². The van der Waals surface area contributed by atoms with Crippen LogP contribution in [-0.2, 0) is 0 Å². The Morgan fingerprint density at radius 3 is 3.00 bits per heavy atom. The summed E-state index contributed by atoms with van der Waals surface area (Å²) in [5.74, 6) is 1.58. The maximum absolute atomic E-state index is 4.37. The SMILES string of the molecule is CCC(C)c1nccc2nccn12. The Balaban J connectivity index is 2.60. The molecule has 0 aliphatic rings. The summed E-state index contributed by atoms with van der Waals surface area (Å²) in [5.41, 5.74) is 0.977. The van der Waals surface area contributed by atoms with Crippen molar-refractivity contribution >= 4 is 5.65 Å². The number of hydrogen-bond acceptors (Lipinski definition) is 2. The van der Waals surface area contributed by atoms with Crippen molar-refractivity contribution in [2.24, 2.45) is 0 Å². The van der Waals surface area contributed by atoms with Crippen molar-refractivity contribution in [2.75, 3.05) is 0 Å². The normalized spacial score (nSPS) is 13.4. The van der Waals surface area contributed by atoms with E-state index in [0.717, 1.165) is 17.9 Å². The fourth-order valence-electron chi connectivity index (χ4n) is 1.42. The monoisotopic (exact) mass is 175 g/mol. The van der Waals surface area contributed by atoms with Crippen molar-refractivity contribution in [3.8, 4) is 0 Å². The zero-order valence-electron chi connectivity index (χ0n) is 7.94.